The zero-order valence-corrected chi connectivity index (χ0v) is 22.5. The Kier molecular flexibility index (Phi) is 8.22. The molecule has 2 fully saturated rings. The molecule has 2 amide bonds. The maximum absolute atomic E-state index is 13.5. The SMILES string of the molecule is CC(C)(C)c1cn(C[C@H]2CCCO2)c(=NC(=O)c2cc(C(F)(F)F)ccc2NC[C@@H]2CCCN2C(=O)O)s1. The van der Waals surface area contributed by atoms with E-state index < -0.39 is 23.7 Å². The number of halogens is 3. The third-order valence-electron chi connectivity index (χ3n) is 6.81. The van der Waals surface area contributed by atoms with Gasteiger partial charge in [-0.15, -0.1) is 11.3 Å². The number of rotatable bonds is 6. The van der Waals surface area contributed by atoms with E-state index in [2.05, 4.69) is 10.3 Å². The molecule has 0 radical (unpaired) electrons. The number of hydrogen-bond acceptors (Lipinski definition) is 5. The molecule has 2 aliphatic rings. The first kappa shape index (κ1) is 28.2. The van der Waals surface area contributed by atoms with Crippen molar-refractivity contribution in [2.24, 2.45) is 4.99 Å². The highest BCUT2D eigenvalue weighted by Gasteiger charge is 2.33. The molecule has 2 saturated heterocycles. The smallest absolute Gasteiger partial charge is 0.416 e. The van der Waals surface area contributed by atoms with E-state index >= 15 is 0 Å². The molecule has 8 nitrogen and oxygen atoms in total. The van der Waals surface area contributed by atoms with Gasteiger partial charge in [-0.3, -0.25) is 4.79 Å². The molecule has 0 aliphatic carbocycles. The van der Waals surface area contributed by atoms with Gasteiger partial charge < -0.3 is 24.6 Å². The summed E-state index contributed by atoms with van der Waals surface area (Å²) in [6.07, 6.45) is -0.597. The number of carbonyl (C=O) groups is 2. The molecule has 0 spiro atoms. The van der Waals surface area contributed by atoms with Crippen molar-refractivity contribution < 1.29 is 32.6 Å². The van der Waals surface area contributed by atoms with E-state index in [1.54, 1.807) is 0 Å². The van der Waals surface area contributed by atoms with Crippen LogP contribution in [0.4, 0.5) is 23.7 Å². The van der Waals surface area contributed by atoms with Crippen LogP contribution in [0, 0.1) is 0 Å². The number of likely N-dealkylation sites (tertiary alicyclic amines) is 1. The van der Waals surface area contributed by atoms with Crippen LogP contribution in [0.5, 0.6) is 0 Å². The molecule has 0 unspecified atom stereocenters. The summed E-state index contributed by atoms with van der Waals surface area (Å²) in [6.45, 7) is 7.86. The molecule has 1 aromatic heterocycles. The second kappa shape index (κ2) is 11.1. The van der Waals surface area contributed by atoms with Gasteiger partial charge in [-0.25, -0.2) is 4.79 Å². The highest BCUT2D eigenvalue weighted by atomic mass is 32.1. The Morgan fingerprint density at radius 1 is 1.21 bits per heavy atom. The Hall–Kier alpha value is -2.86. The predicted octanol–water partition coefficient (Wildman–Crippen LogP) is 5.34. The first-order valence-corrected chi connectivity index (χ1v) is 13.5. The zero-order valence-electron chi connectivity index (χ0n) is 21.7. The average Bonchev–Trinajstić information content (AvgIpc) is 3.58. The summed E-state index contributed by atoms with van der Waals surface area (Å²) in [7, 11) is 0. The van der Waals surface area contributed by atoms with Gasteiger partial charge >= 0.3 is 12.3 Å². The number of benzene rings is 1. The summed E-state index contributed by atoms with van der Waals surface area (Å²) >= 11 is 1.33. The molecule has 38 heavy (non-hydrogen) atoms. The molecule has 2 N–H and O–H groups in total. The van der Waals surface area contributed by atoms with Gasteiger partial charge in [0.1, 0.15) is 0 Å². The molecule has 3 heterocycles. The monoisotopic (exact) mass is 554 g/mol. The fraction of sp³-hybridized carbons (Fsp3) is 0.577. The predicted molar refractivity (Wildman–Crippen MR) is 138 cm³/mol. The van der Waals surface area contributed by atoms with E-state index in [0.717, 1.165) is 29.9 Å². The third kappa shape index (κ3) is 6.58. The number of aromatic nitrogens is 1. The fourth-order valence-electron chi connectivity index (χ4n) is 4.68. The molecule has 1 aromatic carbocycles. The Balaban J connectivity index is 1.69. The summed E-state index contributed by atoms with van der Waals surface area (Å²) in [5.41, 5.74) is -1.19. The summed E-state index contributed by atoms with van der Waals surface area (Å²) in [5.74, 6) is -0.802. The van der Waals surface area contributed by atoms with Crippen LogP contribution in [-0.4, -0.2) is 58.4 Å². The quantitative estimate of drug-likeness (QED) is 0.503. The Bertz CT molecular complexity index is 1240. The molecule has 4 rings (SSSR count). The molecule has 0 bridgehead atoms. The van der Waals surface area contributed by atoms with Crippen molar-refractivity contribution in [1.82, 2.24) is 9.47 Å². The Morgan fingerprint density at radius 2 is 1.97 bits per heavy atom. The molecular formula is C26H33F3N4O4S. The summed E-state index contributed by atoms with van der Waals surface area (Å²) < 4.78 is 48.2. The van der Waals surface area contributed by atoms with Gasteiger partial charge in [-0.1, -0.05) is 20.8 Å². The number of anilines is 1. The van der Waals surface area contributed by atoms with Gasteiger partial charge in [0.25, 0.3) is 5.91 Å². The topological polar surface area (TPSA) is 96.2 Å². The van der Waals surface area contributed by atoms with Crippen molar-refractivity contribution in [3.63, 3.8) is 0 Å². The maximum Gasteiger partial charge on any atom is 0.416 e. The van der Waals surface area contributed by atoms with Crippen molar-refractivity contribution in [2.75, 3.05) is 25.0 Å². The van der Waals surface area contributed by atoms with Crippen LogP contribution in [0.25, 0.3) is 0 Å². The number of amides is 2. The number of carboxylic acid groups (broad SMARTS) is 1. The van der Waals surface area contributed by atoms with E-state index in [-0.39, 0.29) is 35.4 Å². The standard InChI is InChI=1S/C26H33F3N4O4S/c1-25(2,3)21-15-32(14-18-7-5-11-37-18)23(38-21)31-22(34)19-12-16(26(27,28)29)8-9-20(19)30-13-17-6-4-10-33(17)24(35)36/h8-9,12,15,17-18,30H,4-7,10-11,13-14H2,1-3H3,(H,35,36)/t17-,18+/m0/s1. The number of alkyl halides is 3. The second-order valence-corrected chi connectivity index (χ2v) is 11.8. The number of hydrogen-bond donors (Lipinski definition) is 2. The Labute approximate surface area is 223 Å². The third-order valence-corrected chi connectivity index (χ3v) is 8.26. The molecule has 2 atom stereocenters. The normalized spacial score (nSPS) is 20.8. The van der Waals surface area contributed by atoms with Gasteiger partial charge in [0.15, 0.2) is 4.80 Å². The fourth-order valence-corrected chi connectivity index (χ4v) is 5.73. The number of nitrogens with zero attached hydrogens (tertiary/aromatic N) is 3. The van der Waals surface area contributed by atoms with Crippen LogP contribution in [0.3, 0.4) is 0 Å². The van der Waals surface area contributed by atoms with E-state index in [9.17, 15) is 27.9 Å². The van der Waals surface area contributed by atoms with Gasteiger partial charge in [-0.05, 0) is 49.3 Å². The first-order chi connectivity index (χ1) is 17.8. The molecule has 2 aliphatic heterocycles. The van der Waals surface area contributed by atoms with Gasteiger partial charge in [0.05, 0.1) is 29.8 Å². The van der Waals surface area contributed by atoms with Crippen LogP contribution in [0.1, 0.15) is 67.3 Å². The van der Waals surface area contributed by atoms with Gasteiger partial charge in [-0.2, -0.15) is 18.2 Å². The van der Waals surface area contributed by atoms with Gasteiger partial charge in [0.2, 0.25) is 0 Å². The summed E-state index contributed by atoms with van der Waals surface area (Å²) in [6, 6.07) is 2.58. The van der Waals surface area contributed by atoms with Crippen LogP contribution in [0.2, 0.25) is 0 Å². The van der Waals surface area contributed by atoms with E-state index in [1.165, 1.54) is 22.3 Å². The lowest BCUT2D eigenvalue weighted by molar-refractivity contribution is -0.137. The summed E-state index contributed by atoms with van der Waals surface area (Å²) in [4.78, 5) is 31.9. The van der Waals surface area contributed by atoms with E-state index in [1.807, 2.05) is 31.5 Å². The average molecular weight is 555 g/mol. The van der Waals surface area contributed by atoms with E-state index in [4.69, 9.17) is 4.74 Å². The van der Waals surface area contributed by atoms with Crippen molar-refractivity contribution >= 4 is 29.0 Å². The van der Waals surface area contributed by atoms with Crippen LogP contribution < -0.4 is 10.1 Å². The lowest BCUT2D eigenvalue weighted by Gasteiger charge is -2.23. The first-order valence-electron chi connectivity index (χ1n) is 12.7. The second-order valence-electron chi connectivity index (χ2n) is 10.7. The highest BCUT2D eigenvalue weighted by molar-refractivity contribution is 7.09. The molecule has 12 heteroatoms. The number of ether oxygens (including phenoxy) is 1. The molecule has 0 saturated carbocycles. The van der Waals surface area contributed by atoms with E-state index in [0.29, 0.717) is 37.3 Å². The largest absolute Gasteiger partial charge is 0.465 e. The molecular weight excluding hydrogens is 521 g/mol. The molecule has 208 valence electrons. The van der Waals surface area contributed by atoms with Crippen LogP contribution in [-0.2, 0) is 22.9 Å². The lowest BCUT2D eigenvalue weighted by atomic mass is 9.95. The molecule has 2 aromatic rings. The van der Waals surface area contributed by atoms with Crippen molar-refractivity contribution in [3.8, 4) is 0 Å². The highest BCUT2D eigenvalue weighted by Crippen LogP contribution is 2.33. The summed E-state index contributed by atoms with van der Waals surface area (Å²) in [5, 5.41) is 12.4. The van der Waals surface area contributed by atoms with Crippen molar-refractivity contribution in [2.45, 2.75) is 76.7 Å². The zero-order chi connectivity index (χ0) is 27.7. The maximum atomic E-state index is 13.5. The minimum Gasteiger partial charge on any atom is -0.465 e. The minimum absolute atomic E-state index is 0.0131. The van der Waals surface area contributed by atoms with Gasteiger partial charge in [0, 0.05) is 36.5 Å². The van der Waals surface area contributed by atoms with Crippen LogP contribution in [0.15, 0.2) is 29.4 Å². The van der Waals surface area contributed by atoms with Crippen molar-refractivity contribution in [1.29, 1.82) is 0 Å². The van der Waals surface area contributed by atoms with Crippen molar-refractivity contribution in [3.05, 3.63) is 45.2 Å². The minimum atomic E-state index is -4.64. The van der Waals surface area contributed by atoms with Crippen LogP contribution >= 0.6 is 11.3 Å². The number of nitrogens with one attached hydrogen (secondary N) is 1. The lowest BCUT2D eigenvalue weighted by Crippen LogP contribution is -2.38. The number of thiazole rings is 1. The Morgan fingerprint density at radius 3 is 2.61 bits per heavy atom. The number of carbonyl (C=O) groups excluding carboxylic acids is 1.